The minimum absolute atomic E-state index is 0.0424. The van der Waals surface area contributed by atoms with E-state index in [1.54, 1.807) is 12.1 Å². The molecule has 6 rings (SSSR count). The second kappa shape index (κ2) is 8.63. The number of ether oxygens (including phenoxy) is 1. The number of fused-ring (bicyclic) bond motifs is 2. The zero-order valence-electron chi connectivity index (χ0n) is 20.1. The third-order valence-electron chi connectivity index (χ3n) is 7.97. The number of nitrogens with two attached hydrogens (primary N) is 1. The molecule has 0 aliphatic carbocycles. The third-order valence-corrected chi connectivity index (χ3v) is 8.36. The molecule has 0 bridgehead atoms. The first-order valence-corrected chi connectivity index (χ1v) is 13.6. The average molecular weight is 517 g/mol. The number of aromatic nitrogens is 2. The van der Waals surface area contributed by atoms with Gasteiger partial charge in [0.1, 0.15) is 17.3 Å². The molecule has 192 valence electrons. The van der Waals surface area contributed by atoms with Gasteiger partial charge < -0.3 is 24.5 Å². The Bertz CT molecular complexity index is 1330. The highest BCUT2D eigenvalue weighted by molar-refractivity contribution is 7.81. The maximum absolute atomic E-state index is 13.0. The standard InChI is InChI=1S/C24H29FN6O4S/c1-15-22(26)24(14-34-15)6-9-30(10-7-24)20-13-27-21-18(29-20)12-28-23(21)31-8-2-3-16-11-17(4-5-19(16)31)35-36(25,32)33/h4-5,11,13,15,22H,2-3,6-10,12,14,26H2,1H3/t15-,22+/m0/s1. The van der Waals surface area contributed by atoms with Crippen molar-refractivity contribution in [2.45, 2.75) is 51.3 Å². The monoisotopic (exact) mass is 516 g/mol. The van der Waals surface area contributed by atoms with Gasteiger partial charge in [0.05, 0.1) is 31.1 Å². The molecule has 0 saturated carbocycles. The predicted octanol–water partition coefficient (Wildman–Crippen LogP) is 2.12. The van der Waals surface area contributed by atoms with Gasteiger partial charge in [0.25, 0.3) is 0 Å². The number of rotatable bonds is 3. The van der Waals surface area contributed by atoms with Gasteiger partial charge in [-0.2, -0.15) is 8.42 Å². The summed E-state index contributed by atoms with van der Waals surface area (Å²) in [6.07, 6.45) is 5.42. The molecule has 2 atom stereocenters. The Morgan fingerprint density at radius 1 is 1.25 bits per heavy atom. The molecular formula is C24H29FN6O4S. The van der Waals surface area contributed by atoms with E-state index in [0.717, 1.165) is 86.2 Å². The van der Waals surface area contributed by atoms with Crippen LogP contribution < -0.4 is 19.7 Å². The minimum Gasteiger partial charge on any atom is -0.376 e. The van der Waals surface area contributed by atoms with E-state index in [-0.39, 0.29) is 23.3 Å². The van der Waals surface area contributed by atoms with E-state index in [1.165, 1.54) is 6.07 Å². The summed E-state index contributed by atoms with van der Waals surface area (Å²) >= 11 is 0. The number of nitrogens with zero attached hydrogens (tertiary/aromatic N) is 5. The number of piperidine rings is 1. The number of aryl methyl sites for hydroxylation is 1. The van der Waals surface area contributed by atoms with Crippen LogP contribution in [0.15, 0.2) is 29.4 Å². The van der Waals surface area contributed by atoms with Crippen LogP contribution in [0, 0.1) is 5.41 Å². The van der Waals surface area contributed by atoms with Crippen molar-refractivity contribution in [1.82, 2.24) is 9.97 Å². The Kier molecular flexibility index (Phi) is 5.65. The molecule has 1 aromatic heterocycles. The zero-order valence-corrected chi connectivity index (χ0v) is 20.9. The highest BCUT2D eigenvalue weighted by atomic mass is 32.3. The Labute approximate surface area is 209 Å². The predicted molar refractivity (Wildman–Crippen MR) is 132 cm³/mol. The molecule has 10 nitrogen and oxygen atoms in total. The molecule has 1 aromatic carbocycles. The number of benzene rings is 1. The Morgan fingerprint density at radius 2 is 2.06 bits per heavy atom. The van der Waals surface area contributed by atoms with E-state index in [9.17, 15) is 12.3 Å². The van der Waals surface area contributed by atoms with Crippen molar-refractivity contribution >= 4 is 27.8 Å². The summed E-state index contributed by atoms with van der Waals surface area (Å²) in [4.78, 5) is 18.8. The molecule has 36 heavy (non-hydrogen) atoms. The molecule has 2 saturated heterocycles. The summed E-state index contributed by atoms with van der Waals surface area (Å²) in [6.45, 7) is 5.70. The van der Waals surface area contributed by atoms with E-state index < -0.39 is 10.5 Å². The summed E-state index contributed by atoms with van der Waals surface area (Å²) in [5.74, 6) is 1.56. The maximum Gasteiger partial charge on any atom is 0.488 e. The molecule has 1 spiro atoms. The van der Waals surface area contributed by atoms with Crippen LogP contribution >= 0.6 is 0 Å². The van der Waals surface area contributed by atoms with E-state index in [2.05, 4.69) is 20.9 Å². The van der Waals surface area contributed by atoms with E-state index in [0.29, 0.717) is 6.54 Å². The van der Waals surface area contributed by atoms with Crippen molar-refractivity contribution in [1.29, 1.82) is 0 Å². The van der Waals surface area contributed by atoms with E-state index in [4.69, 9.17) is 25.4 Å². The fourth-order valence-electron chi connectivity index (χ4n) is 5.92. The molecule has 5 heterocycles. The van der Waals surface area contributed by atoms with Crippen LogP contribution in [0.1, 0.15) is 43.1 Å². The molecule has 0 amide bonds. The summed E-state index contributed by atoms with van der Waals surface area (Å²) < 4.78 is 44.9. The third kappa shape index (κ3) is 4.10. The summed E-state index contributed by atoms with van der Waals surface area (Å²) in [5, 5.41) is 0. The first-order chi connectivity index (χ1) is 17.2. The maximum atomic E-state index is 13.0. The highest BCUT2D eigenvalue weighted by Gasteiger charge is 2.47. The van der Waals surface area contributed by atoms with Crippen molar-refractivity contribution in [2.24, 2.45) is 16.1 Å². The fourth-order valence-corrected chi connectivity index (χ4v) is 6.25. The van der Waals surface area contributed by atoms with Crippen LogP contribution in [0.2, 0.25) is 0 Å². The van der Waals surface area contributed by atoms with Crippen LogP contribution in [0.4, 0.5) is 15.4 Å². The van der Waals surface area contributed by atoms with Gasteiger partial charge in [0.2, 0.25) is 0 Å². The quantitative estimate of drug-likeness (QED) is 0.611. The number of hydrogen-bond donors (Lipinski definition) is 1. The second-order valence-electron chi connectivity index (χ2n) is 10.1. The number of hydrogen-bond acceptors (Lipinski definition) is 10. The molecule has 0 unspecified atom stereocenters. The molecule has 4 aliphatic rings. The van der Waals surface area contributed by atoms with Gasteiger partial charge in [-0.15, -0.1) is 0 Å². The summed E-state index contributed by atoms with van der Waals surface area (Å²) in [6, 6.07) is 4.82. The highest BCUT2D eigenvalue weighted by Crippen LogP contribution is 2.42. The molecule has 4 aliphatic heterocycles. The van der Waals surface area contributed by atoms with Gasteiger partial charge in [-0.1, -0.05) is 3.89 Å². The first kappa shape index (κ1) is 23.6. The normalized spacial score (nSPS) is 25.0. The lowest BCUT2D eigenvalue weighted by Gasteiger charge is -2.41. The van der Waals surface area contributed by atoms with Gasteiger partial charge in [0.15, 0.2) is 5.84 Å². The number of anilines is 2. The summed E-state index contributed by atoms with van der Waals surface area (Å²) in [7, 11) is -5.07. The largest absolute Gasteiger partial charge is 0.488 e. The van der Waals surface area contributed by atoms with Crippen LogP contribution in [0.25, 0.3) is 0 Å². The van der Waals surface area contributed by atoms with Crippen molar-refractivity contribution in [2.75, 3.05) is 36.0 Å². The second-order valence-corrected chi connectivity index (χ2v) is 11.0. The number of aliphatic imine (C=N–C) groups is 1. The van der Waals surface area contributed by atoms with Gasteiger partial charge >= 0.3 is 10.5 Å². The van der Waals surface area contributed by atoms with E-state index in [1.807, 2.05) is 6.20 Å². The van der Waals surface area contributed by atoms with Crippen LogP contribution in [0.3, 0.4) is 0 Å². The first-order valence-electron chi connectivity index (χ1n) is 12.3. The van der Waals surface area contributed by atoms with E-state index >= 15 is 0 Å². The van der Waals surface area contributed by atoms with Crippen LogP contribution in [-0.4, -0.2) is 62.6 Å². The van der Waals surface area contributed by atoms with Gasteiger partial charge in [-0.3, -0.25) is 4.99 Å². The molecule has 2 aromatic rings. The molecule has 2 fully saturated rings. The van der Waals surface area contributed by atoms with Crippen LogP contribution in [-0.2, 0) is 28.2 Å². The topological polar surface area (TPSA) is 123 Å². The lowest BCUT2D eigenvalue weighted by Crippen LogP contribution is -2.50. The molecule has 0 radical (unpaired) electrons. The smallest absolute Gasteiger partial charge is 0.376 e. The minimum atomic E-state index is -5.07. The van der Waals surface area contributed by atoms with Gasteiger partial charge in [0, 0.05) is 36.8 Å². The fraction of sp³-hybridized carbons (Fsp3) is 0.542. The molecule has 2 N–H and O–H groups in total. The average Bonchev–Trinajstić information content (AvgIpc) is 3.39. The lowest BCUT2D eigenvalue weighted by atomic mass is 9.73. The van der Waals surface area contributed by atoms with Gasteiger partial charge in [-0.05, 0) is 56.4 Å². The van der Waals surface area contributed by atoms with Crippen molar-refractivity contribution in [3.63, 3.8) is 0 Å². The van der Waals surface area contributed by atoms with Crippen molar-refractivity contribution in [3.05, 3.63) is 41.3 Å². The zero-order chi connectivity index (χ0) is 25.1. The summed E-state index contributed by atoms with van der Waals surface area (Å²) in [5.41, 5.74) is 9.86. The Balaban J connectivity index is 1.19. The number of amidine groups is 1. The SMILES string of the molecule is C[C@@H]1OCC2(CCN(c3cnc4c(n3)CN=C4N3CCCc4cc(OS(=O)(=O)F)ccc43)CC2)[C@@H]1N. The molecule has 12 heteroatoms. The van der Waals surface area contributed by atoms with Crippen molar-refractivity contribution in [3.8, 4) is 5.75 Å². The van der Waals surface area contributed by atoms with Crippen molar-refractivity contribution < 1.29 is 21.2 Å². The number of halogens is 1. The lowest BCUT2D eigenvalue weighted by molar-refractivity contribution is 0.0974. The Hall–Kier alpha value is -2.83. The molecular weight excluding hydrogens is 487 g/mol. The van der Waals surface area contributed by atoms with Gasteiger partial charge in [-0.25, -0.2) is 9.97 Å². The Morgan fingerprint density at radius 3 is 2.78 bits per heavy atom. The van der Waals surface area contributed by atoms with Crippen LogP contribution in [0.5, 0.6) is 5.75 Å².